The first-order valence-corrected chi connectivity index (χ1v) is 8.10. The molecule has 4 rings (SSSR count). The average Bonchev–Trinajstić information content (AvgIpc) is 3.35. The van der Waals surface area contributed by atoms with Gasteiger partial charge in [-0.05, 0) is 37.3 Å². The molecule has 2 aliphatic heterocycles. The van der Waals surface area contributed by atoms with Gasteiger partial charge in [-0.15, -0.1) is 0 Å². The topological polar surface area (TPSA) is 62.1 Å². The molecule has 2 heterocycles. The van der Waals surface area contributed by atoms with Crippen LogP contribution in [-0.4, -0.2) is 31.1 Å². The molecule has 1 aromatic rings. The number of hydrogen-bond acceptors (Lipinski definition) is 4. The minimum absolute atomic E-state index is 0.0765. The molecule has 4 heteroatoms. The molecule has 0 aromatic heterocycles. The van der Waals surface area contributed by atoms with Crippen molar-refractivity contribution in [3.05, 3.63) is 35.4 Å². The molecule has 2 saturated heterocycles. The molecule has 1 saturated carbocycles. The molecule has 1 aliphatic carbocycles. The fourth-order valence-electron chi connectivity index (χ4n) is 3.85. The van der Waals surface area contributed by atoms with E-state index in [1.54, 1.807) is 0 Å². The molecular weight excluding hydrogens is 276 g/mol. The molecule has 0 spiro atoms. The molecule has 2 bridgehead atoms. The number of Topliss-reactive ketones (excluding diaryl/α,β-unsaturated/α-hetero) is 1. The highest BCUT2D eigenvalue weighted by molar-refractivity contribution is 5.98. The van der Waals surface area contributed by atoms with E-state index in [0.29, 0.717) is 25.3 Å². The summed E-state index contributed by atoms with van der Waals surface area (Å²) in [6, 6.07) is 10.8. The van der Waals surface area contributed by atoms with E-state index >= 15 is 0 Å². The van der Waals surface area contributed by atoms with Crippen LogP contribution in [0.15, 0.2) is 24.3 Å². The molecule has 3 aliphatic rings. The first-order chi connectivity index (χ1) is 10.7. The lowest BCUT2D eigenvalue weighted by Crippen LogP contribution is -2.55. The van der Waals surface area contributed by atoms with Crippen molar-refractivity contribution in [3.63, 3.8) is 0 Å². The third kappa shape index (κ3) is 2.35. The van der Waals surface area contributed by atoms with Crippen LogP contribution in [0.1, 0.15) is 41.6 Å². The molecule has 2 atom stereocenters. The predicted octanol–water partition coefficient (Wildman–Crippen LogP) is 2.19. The van der Waals surface area contributed by atoms with Crippen molar-refractivity contribution in [2.24, 2.45) is 5.92 Å². The number of nitriles is 1. The molecule has 114 valence electrons. The van der Waals surface area contributed by atoms with Crippen LogP contribution in [0.5, 0.6) is 0 Å². The van der Waals surface area contributed by atoms with Gasteiger partial charge in [-0.3, -0.25) is 4.79 Å². The minimum atomic E-state index is -0.325. The summed E-state index contributed by atoms with van der Waals surface area (Å²) in [4.78, 5) is 12.9. The van der Waals surface area contributed by atoms with Gasteiger partial charge in [-0.1, -0.05) is 18.2 Å². The van der Waals surface area contributed by atoms with E-state index in [0.717, 1.165) is 36.8 Å². The van der Waals surface area contributed by atoms with Gasteiger partial charge in [-0.25, -0.2) is 0 Å². The second-order valence-electron chi connectivity index (χ2n) is 6.91. The van der Waals surface area contributed by atoms with Gasteiger partial charge in [-0.2, -0.15) is 5.26 Å². The van der Waals surface area contributed by atoms with Crippen LogP contribution >= 0.6 is 0 Å². The van der Waals surface area contributed by atoms with Gasteiger partial charge in [0.1, 0.15) is 0 Å². The van der Waals surface area contributed by atoms with E-state index in [-0.39, 0.29) is 17.1 Å². The SMILES string of the molecule is N#CC1(c2cccc(C(=O)C3CC4COCC(C3)N4)c2)CC1. The molecule has 0 amide bonds. The van der Waals surface area contributed by atoms with E-state index < -0.39 is 0 Å². The number of rotatable bonds is 3. The van der Waals surface area contributed by atoms with E-state index in [9.17, 15) is 10.1 Å². The monoisotopic (exact) mass is 296 g/mol. The number of carbonyl (C=O) groups is 1. The van der Waals surface area contributed by atoms with Crippen LogP contribution in [0, 0.1) is 17.2 Å². The Morgan fingerprint density at radius 3 is 2.64 bits per heavy atom. The lowest BCUT2D eigenvalue weighted by Gasteiger charge is -2.39. The van der Waals surface area contributed by atoms with Crippen LogP contribution in [-0.2, 0) is 10.2 Å². The lowest BCUT2D eigenvalue weighted by molar-refractivity contribution is 0.00953. The number of morpholine rings is 1. The Labute approximate surface area is 130 Å². The highest BCUT2D eigenvalue weighted by atomic mass is 16.5. The summed E-state index contributed by atoms with van der Waals surface area (Å²) in [7, 11) is 0. The molecule has 4 nitrogen and oxygen atoms in total. The highest BCUT2D eigenvalue weighted by Crippen LogP contribution is 2.47. The third-order valence-electron chi connectivity index (χ3n) is 5.28. The predicted molar refractivity (Wildman–Crippen MR) is 81.6 cm³/mol. The van der Waals surface area contributed by atoms with Gasteiger partial charge in [0.25, 0.3) is 0 Å². The normalized spacial score (nSPS) is 32.0. The average molecular weight is 296 g/mol. The Kier molecular flexibility index (Phi) is 3.28. The molecule has 1 N–H and O–H groups in total. The van der Waals surface area contributed by atoms with Crippen molar-refractivity contribution < 1.29 is 9.53 Å². The quantitative estimate of drug-likeness (QED) is 0.869. The summed E-state index contributed by atoms with van der Waals surface area (Å²) in [5.74, 6) is 0.307. The first kappa shape index (κ1) is 13.9. The Hall–Kier alpha value is -1.70. The molecule has 1 aromatic carbocycles. The van der Waals surface area contributed by atoms with Crippen LogP contribution in [0.2, 0.25) is 0 Å². The van der Waals surface area contributed by atoms with E-state index in [4.69, 9.17) is 4.74 Å². The zero-order valence-corrected chi connectivity index (χ0v) is 12.5. The van der Waals surface area contributed by atoms with Gasteiger partial charge in [0.15, 0.2) is 5.78 Å². The van der Waals surface area contributed by atoms with Gasteiger partial charge in [0.2, 0.25) is 0 Å². The third-order valence-corrected chi connectivity index (χ3v) is 5.28. The van der Waals surface area contributed by atoms with Crippen LogP contribution in [0.25, 0.3) is 0 Å². The number of piperidine rings is 1. The Balaban J connectivity index is 1.56. The van der Waals surface area contributed by atoms with Crippen molar-refractivity contribution in [1.82, 2.24) is 5.32 Å². The summed E-state index contributed by atoms with van der Waals surface area (Å²) in [6.07, 6.45) is 3.53. The van der Waals surface area contributed by atoms with Crippen LogP contribution in [0.4, 0.5) is 0 Å². The molecular formula is C18H20N2O2. The first-order valence-electron chi connectivity index (χ1n) is 8.10. The number of nitrogens with one attached hydrogen (secondary N) is 1. The maximum atomic E-state index is 12.9. The van der Waals surface area contributed by atoms with Crippen molar-refractivity contribution in [2.75, 3.05) is 13.2 Å². The molecule has 3 fully saturated rings. The van der Waals surface area contributed by atoms with Gasteiger partial charge >= 0.3 is 0 Å². The number of ketones is 1. The summed E-state index contributed by atoms with van der Waals surface area (Å²) >= 11 is 0. The van der Waals surface area contributed by atoms with Gasteiger partial charge < -0.3 is 10.1 Å². The van der Waals surface area contributed by atoms with E-state index in [2.05, 4.69) is 11.4 Å². The van der Waals surface area contributed by atoms with Crippen molar-refractivity contribution in [2.45, 2.75) is 43.2 Å². The fraction of sp³-hybridized carbons (Fsp3) is 0.556. The number of carbonyl (C=O) groups excluding carboxylic acids is 1. The summed E-state index contributed by atoms with van der Waals surface area (Å²) in [5.41, 5.74) is 1.46. The Morgan fingerprint density at radius 2 is 2.00 bits per heavy atom. The van der Waals surface area contributed by atoms with Crippen molar-refractivity contribution >= 4 is 5.78 Å². The smallest absolute Gasteiger partial charge is 0.166 e. The number of benzene rings is 1. The summed E-state index contributed by atoms with van der Waals surface area (Å²) in [5, 5.41) is 12.9. The molecule has 2 unspecified atom stereocenters. The van der Waals surface area contributed by atoms with Gasteiger partial charge in [0.05, 0.1) is 24.7 Å². The molecule has 0 radical (unpaired) electrons. The van der Waals surface area contributed by atoms with Gasteiger partial charge in [0, 0.05) is 23.6 Å². The van der Waals surface area contributed by atoms with Crippen LogP contribution < -0.4 is 5.32 Å². The zero-order chi connectivity index (χ0) is 15.2. The number of nitrogens with zero attached hydrogens (tertiary/aromatic N) is 1. The number of hydrogen-bond donors (Lipinski definition) is 1. The largest absolute Gasteiger partial charge is 0.378 e. The number of fused-ring (bicyclic) bond motifs is 2. The summed E-state index contributed by atoms with van der Waals surface area (Å²) in [6.45, 7) is 1.41. The maximum absolute atomic E-state index is 12.9. The standard InChI is InChI=1S/C18H20N2O2/c19-11-18(4-5-18)14-3-1-2-12(6-14)17(21)13-7-15-9-22-10-16(8-13)20-15/h1-3,6,13,15-16,20H,4-5,7-10H2. The highest BCUT2D eigenvalue weighted by Gasteiger charge is 2.45. The van der Waals surface area contributed by atoms with Crippen LogP contribution in [0.3, 0.4) is 0 Å². The van der Waals surface area contributed by atoms with E-state index in [1.807, 2.05) is 24.3 Å². The second kappa shape index (κ2) is 5.19. The maximum Gasteiger partial charge on any atom is 0.166 e. The lowest BCUT2D eigenvalue weighted by atomic mass is 9.81. The fourth-order valence-corrected chi connectivity index (χ4v) is 3.85. The minimum Gasteiger partial charge on any atom is -0.378 e. The number of ether oxygens (including phenoxy) is 1. The van der Waals surface area contributed by atoms with Crippen molar-refractivity contribution in [3.8, 4) is 6.07 Å². The Morgan fingerprint density at radius 1 is 1.27 bits per heavy atom. The Bertz CT molecular complexity index is 633. The zero-order valence-electron chi connectivity index (χ0n) is 12.5. The second-order valence-corrected chi connectivity index (χ2v) is 6.91. The summed E-state index contributed by atoms with van der Waals surface area (Å²) < 4.78 is 5.55. The van der Waals surface area contributed by atoms with Crippen molar-refractivity contribution in [1.29, 1.82) is 5.26 Å². The van der Waals surface area contributed by atoms with E-state index in [1.165, 1.54) is 0 Å². The molecule has 22 heavy (non-hydrogen) atoms.